The molecule has 1 saturated carbocycles. The van der Waals surface area contributed by atoms with Gasteiger partial charge in [-0.2, -0.15) is 0 Å². The zero-order chi connectivity index (χ0) is 9.80. The molecule has 1 aliphatic carbocycles. The van der Waals surface area contributed by atoms with Gasteiger partial charge in [0.15, 0.2) is 0 Å². The minimum absolute atomic E-state index is 0.250. The maximum Gasteiger partial charge on any atom is 0.220 e. The molecule has 0 bridgehead atoms. The fourth-order valence-electron chi connectivity index (χ4n) is 1.99. The highest BCUT2D eigenvalue weighted by molar-refractivity contribution is 5.76. The lowest BCUT2D eigenvalue weighted by Crippen LogP contribution is -2.43. The third-order valence-corrected chi connectivity index (χ3v) is 3.13. The van der Waals surface area contributed by atoms with Gasteiger partial charge < -0.3 is 10.6 Å². The molecular formula is C11H20N2O. The first-order chi connectivity index (χ1) is 6.84. The van der Waals surface area contributed by atoms with Gasteiger partial charge in [0.25, 0.3) is 0 Å². The molecule has 80 valence electrons. The highest BCUT2D eigenvalue weighted by Crippen LogP contribution is 2.32. The normalized spacial score (nSPS) is 27.3. The summed E-state index contributed by atoms with van der Waals surface area (Å²) in [7, 11) is 0. The summed E-state index contributed by atoms with van der Waals surface area (Å²) in [5.41, 5.74) is 0. The minimum atomic E-state index is 0.250. The van der Waals surface area contributed by atoms with Crippen LogP contribution in [0, 0.1) is 5.92 Å². The number of carbonyl (C=O) groups is 1. The van der Waals surface area contributed by atoms with Crippen LogP contribution in [0.3, 0.4) is 0 Å². The average Bonchev–Trinajstić information content (AvgIpc) is 3.00. The zero-order valence-electron chi connectivity index (χ0n) is 8.72. The van der Waals surface area contributed by atoms with Gasteiger partial charge in [-0.25, -0.2) is 0 Å². The van der Waals surface area contributed by atoms with Crippen molar-refractivity contribution in [1.82, 2.24) is 10.6 Å². The Labute approximate surface area is 85.6 Å². The van der Waals surface area contributed by atoms with E-state index in [1.54, 1.807) is 0 Å². The molecule has 1 heterocycles. The zero-order valence-corrected chi connectivity index (χ0v) is 8.72. The molecule has 2 aliphatic rings. The minimum Gasteiger partial charge on any atom is -0.355 e. The second kappa shape index (κ2) is 4.78. The largest absolute Gasteiger partial charge is 0.355 e. The third kappa shape index (κ3) is 3.29. The van der Waals surface area contributed by atoms with Crippen LogP contribution in [0.15, 0.2) is 0 Å². The van der Waals surface area contributed by atoms with Crippen LogP contribution in [0.5, 0.6) is 0 Å². The molecule has 14 heavy (non-hydrogen) atoms. The number of piperidine rings is 1. The monoisotopic (exact) mass is 196 g/mol. The van der Waals surface area contributed by atoms with Crippen molar-refractivity contribution in [3.05, 3.63) is 0 Å². The molecule has 3 heteroatoms. The van der Waals surface area contributed by atoms with E-state index in [0.717, 1.165) is 19.5 Å². The first-order valence-electron chi connectivity index (χ1n) is 5.84. The van der Waals surface area contributed by atoms with Crippen molar-refractivity contribution in [2.24, 2.45) is 5.92 Å². The number of nitrogens with one attached hydrogen (secondary N) is 2. The van der Waals surface area contributed by atoms with E-state index in [9.17, 15) is 4.79 Å². The van der Waals surface area contributed by atoms with E-state index in [-0.39, 0.29) is 5.91 Å². The van der Waals surface area contributed by atoms with Crippen LogP contribution in [0.4, 0.5) is 0 Å². The first kappa shape index (κ1) is 9.97. The topological polar surface area (TPSA) is 41.1 Å². The molecule has 1 aliphatic heterocycles. The second-order valence-electron chi connectivity index (χ2n) is 4.60. The fourth-order valence-corrected chi connectivity index (χ4v) is 1.99. The van der Waals surface area contributed by atoms with Gasteiger partial charge in [-0.1, -0.05) is 6.42 Å². The van der Waals surface area contributed by atoms with Crippen LogP contribution in [0.25, 0.3) is 0 Å². The number of hydrogen-bond donors (Lipinski definition) is 2. The summed E-state index contributed by atoms with van der Waals surface area (Å²) < 4.78 is 0. The maximum absolute atomic E-state index is 11.4. The Balaban J connectivity index is 1.57. The average molecular weight is 196 g/mol. The van der Waals surface area contributed by atoms with Gasteiger partial charge in [0, 0.05) is 19.0 Å². The van der Waals surface area contributed by atoms with Gasteiger partial charge in [-0.15, -0.1) is 0 Å². The maximum atomic E-state index is 11.4. The lowest BCUT2D eigenvalue weighted by Gasteiger charge is -2.23. The standard InChI is InChI=1S/C11H20N2O/c14-11(7-9-4-5-9)13-8-10-3-1-2-6-12-10/h9-10,12H,1-8H2,(H,13,14). The Hall–Kier alpha value is -0.570. The molecule has 0 spiro atoms. The molecule has 0 aromatic heterocycles. The second-order valence-corrected chi connectivity index (χ2v) is 4.60. The van der Waals surface area contributed by atoms with E-state index in [4.69, 9.17) is 0 Å². The highest BCUT2D eigenvalue weighted by atomic mass is 16.1. The molecule has 1 amide bonds. The van der Waals surface area contributed by atoms with Crippen molar-refractivity contribution in [1.29, 1.82) is 0 Å². The molecular weight excluding hydrogens is 176 g/mol. The van der Waals surface area contributed by atoms with Crippen molar-refractivity contribution < 1.29 is 4.79 Å². The van der Waals surface area contributed by atoms with Gasteiger partial charge >= 0.3 is 0 Å². The summed E-state index contributed by atoms with van der Waals surface area (Å²) >= 11 is 0. The SMILES string of the molecule is O=C(CC1CC1)NCC1CCCCN1. The Bertz CT molecular complexity index is 195. The molecule has 3 nitrogen and oxygen atoms in total. The van der Waals surface area contributed by atoms with Crippen molar-refractivity contribution in [3.8, 4) is 0 Å². The molecule has 1 atom stereocenters. The molecule has 0 aromatic carbocycles. The van der Waals surface area contributed by atoms with Gasteiger partial charge in [-0.05, 0) is 38.1 Å². The quantitative estimate of drug-likeness (QED) is 0.705. The molecule has 0 aromatic rings. The number of amides is 1. The number of carbonyl (C=O) groups excluding carboxylic acids is 1. The van der Waals surface area contributed by atoms with Crippen molar-refractivity contribution in [3.63, 3.8) is 0 Å². The first-order valence-corrected chi connectivity index (χ1v) is 5.84. The van der Waals surface area contributed by atoms with Crippen LogP contribution in [0.2, 0.25) is 0 Å². The van der Waals surface area contributed by atoms with Crippen molar-refractivity contribution in [2.75, 3.05) is 13.1 Å². The van der Waals surface area contributed by atoms with E-state index in [1.165, 1.54) is 32.1 Å². The van der Waals surface area contributed by atoms with Crippen LogP contribution < -0.4 is 10.6 Å². The van der Waals surface area contributed by atoms with E-state index in [2.05, 4.69) is 10.6 Å². The summed E-state index contributed by atoms with van der Waals surface area (Å²) in [6.07, 6.45) is 7.07. The van der Waals surface area contributed by atoms with E-state index in [1.807, 2.05) is 0 Å². The van der Waals surface area contributed by atoms with Gasteiger partial charge in [0.05, 0.1) is 0 Å². The van der Waals surface area contributed by atoms with Crippen molar-refractivity contribution >= 4 is 5.91 Å². The van der Waals surface area contributed by atoms with E-state index in [0.29, 0.717) is 12.0 Å². The molecule has 2 fully saturated rings. The molecule has 0 radical (unpaired) electrons. The summed E-state index contributed by atoms with van der Waals surface area (Å²) in [6, 6.07) is 0.520. The van der Waals surface area contributed by atoms with Gasteiger partial charge in [-0.3, -0.25) is 4.79 Å². The summed E-state index contributed by atoms with van der Waals surface area (Å²) in [5, 5.41) is 6.45. The smallest absolute Gasteiger partial charge is 0.220 e. The summed E-state index contributed by atoms with van der Waals surface area (Å²) in [5.74, 6) is 0.953. The van der Waals surface area contributed by atoms with Crippen molar-refractivity contribution in [2.45, 2.75) is 44.6 Å². The Morgan fingerprint density at radius 3 is 2.79 bits per heavy atom. The van der Waals surface area contributed by atoms with E-state index < -0.39 is 0 Å². The molecule has 2 rings (SSSR count). The molecule has 1 unspecified atom stereocenters. The molecule has 1 saturated heterocycles. The number of rotatable bonds is 4. The van der Waals surface area contributed by atoms with Gasteiger partial charge in [0.1, 0.15) is 0 Å². The Morgan fingerprint density at radius 2 is 2.14 bits per heavy atom. The summed E-state index contributed by atoms with van der Waals surface area (Å²) in [4.78, 5) is 11.4. The van der Waals surface area contributed by atoms with E-state index >= 15 is 0 Å². The Kier molecular flexibility index (Phi) is 3.40. The third-order valence-electron chi connectivity index (χ3n) is 3.13. The Morgan fingerprint density at radius 1 is 1.29 bits per heavy atom. The molecule has 2 N–H and O–H groups in total. The van der Waals surface area contributed by atoms with Crippen LogP contribution in [-0.2, 0) is 4.79 Å². The number of hydrogen-bond acceptors (Lipinski definition) is 2. The lowest BCUT2D eigenvalue weighted by atomic mass is 10.1. The van der Waals surface area contributed by atoms with Crippen LogP contribution in [0.1, 0.15) is 38.5 Å². The predicted octanol–water partition coefficient (Wildman–Crippen LogP) is 1.04. The van der Waals surface area contributed by atoms with Crippen LogP contribution >= 0.6 is 0 Å². The fraction of sp³-hybridized carbons (Fsp3) is 0.909. The van der Waals surface area contributed by atoms with Gasteiger partial charge in [0.2, 0.25) is 5.91 Å². The highest BCUT2D eigenvalue weighted by Gasteiger charge is 2.24. The van der Waals surface area contributed by atoms with Crippen LogP contribution in [-0.4, -0.2) is 25.0 Å². The predicted molar refractivity (Wildman–Crippen MR) is 56.0 cm³/mol. The summed E-state index contributed by atoms with van der Waals surface area (Å²) in [6.45, 7) is 1.94. The lowest BCUT2D eigenvalue weighted by molar-refractivity contribution is -0.121.